The maximum atomic E-state index is 13.5. The molecule has 0 aliphatic rings. The van der Waals surface area contributed by atoms with Gasteiger partial charge < -0.3 is 10.4 Å². The van der Waals surface area contributed by atoms with Gasteiger partial charge in [-0.2, -0.15) is 0 Å². The summed E-state index contributed by atoms with van der Waals surface area (Å²) in [5.74, 6) is -2.67. The number of hydrogen-bond donors (Lipinski definition) is 2. The molecule has 0 aliphatic carbocycles. The third kappa shape index (κ3) is 3.26. The van der Waals surface area contributed by atoms with Crippen LogP contribution in [0.4, 0.5) is 15.8 Å². The molecule has 0 saturated carbocycles. The van der Waals surface area contributed by atoms with Gasteiger partial charge in [-0.15, -0.1) is 0 Å². The van der Waals surface area contributed by atoms with Crippen molar-refractivity contribution >= 4 is 17.3 Å². The second-order valence-electron chi connectivity index (χ2n) is 3.97. The summed E-state index contributed by atoms with van der Waals surface area (Å²) in [5, 5.41) is 22.4. The molecule has 0 saturated heterocycles. The second-order valence-corrected chi connectivity index (χ2v) is 3.97. The Hall–Kier alpha value is -3.10. The number of anilines is 1. The number of rotatable bonds is 5. The quantitative estimate of drug-likeness (QED) is 0.637. The van der Waals surface area contributed by atoms with Crippen LogP contribution in [0.5, 0.6) is 0 Å². The van der Waals surface area contributed by atoms with Crippen molar-refractivity contribution in [2.75, 3.05) is 5.32 Å². The predicted octanol–water partition coefficient (Wildman–Crippen LogP) is 1.83. The predicted molar refractivity (Wildman–Crippen MR) is 69.4 cm³/mol. The Labute approximate surface area is 117 Å². The lowest BCUT2D eigenvalue weighted by Gasteiger charge is -2.08. The van der Waals surface area contributed by atoms with Crippen LogP contribution in [0, 0.1) is 15.9 Å². The Bertz CT molecular complexity index is 693. The molecule has 0 unspecified atom stereocenters. The SMILES string of the molecule is O=C(O)c1cc(NCc2ccncn2)c([N+](=O)[O-])cc1F. The average molecular weight is 292 g/mol. The summed E-state index contributed by atoms with van der Waals surface area (Å²) in [5.41, 5.74) is -0.754. The Kier molecular flexibility index (Phi) is 4.02. The van der Waals surface area contributed by atoms with Crippen LogP contribution in [0.3, 0.4) is 0 Å². The molecule has 0 amide bonds. The van der Waals surface area contributed by atoms with Crippen LogP contribution in [0.2, 0.25) is 0 Å². The highest BCUT2D eigenvalue weighted by Gasteiger charge is 2.21. The van der Waals surface area contributed by atoms with E-state index in [0.717, 1.165) is 6.07 Å². The zero-order chi connectivity index (χ0) is 15.4. The van der Waals surface area contributed by atoms with Crippen LogP contribution in [-0.2, 0) is 6.54 Å². The van der Waals surface area contributed by atoms with Crippen molar-refractivity contribution < 1.29 is 19.2 Å². The number of nitrogens with one attached hydrogen (secondary N) is 1. The summed E-state index contributed by atoms with van der Waals surface area (Å²) in [6.45, 7) is 0.105. The molecule has 0 aliphatic heterocycles. The highest BCUT2D eigenvalue weighted by molar-refractivity contribution is 5.90. The molecule has 21 heavy (non-hydrogen) atoms. The first kappa shape index (κ1) is 14.3. The number of nitro groups is 1. The zero-order valence-electron chi connectivity index (χ0n) is 10.5. The highest BCUT2D eigenvalue weighted by atomic mass is 19.1. The molecule has 108 valence electrons. The summed E-state index contributed by atoms with van der Waals surface area (Å²) in [6, 6.07) is 3.04. The molecule has 1 aromatic carbocycles. The zero-order valence-corrected chi connectivity index (χ0v) is 10.5. The Morgan fingerprint density at radius 3 is 2.81 bits per heavy atom. The van der Waals surface area contributed by atoms with Gasteiger partial charge in [0.05, 0.1) is 28.8 Å². The molecule has 2 rings (SSSR count). The smallest absolute Gasteiger partial charge is 0.338 e. The number of nitrogens with zero attached hydrogens (tertiary/aromatic N) is 3. The van der Waals surface area contributed by atoms with Gasteiger partial charge in [0.25, 0.3) is 5.69 Å². The topological polar surface area (TPSA) is 118 Å². The number of benzene rings is 1. The first-order valence-electron chi connectivity index (χ1n) is 5.69. The van der Waals surface area contributed by atoms with Gasteiger partial charge in [-0.3, -0.25) is 10.1 Å². The minimum Gasteiger partial charge on any atom is -0.478 e. The van der Waals surface area contributed by atoms with Gasteiger partial charge in [0.2, 0.25) is 0 Å². The van der Waals surface area contributed by atoms with Crippen molar-refractivity contribution in [3.05, 3.63) is 57.9 Å². The lowest BCUT2D eigenvalue weighted by molar-refractivity contribution is -0.384. The molecule has 0 atom stereocenters. The fourth-order valence-electron chi connectivity index (χ4n) is 1.63. The van der Waals surface area contributed by atoms with E-state index in [0.29, 0.717) is 11.8 Å². The van der Waals surface area contributed by atoms with Crippen LogP contribution in [0.1, 0.15) is 16.1 Å². The van der Waals surface area contributed by atoms with Gasteiger partial charge in [-0.25, -0.2) is 19.2 Å². The monoisotopic (exact) mass is 292 g/mol. The normalized spacial score (nSPS) is 10.1. The molecular weight excluding hydrogens is 283 g/mol. The van der Waals surface area contributed by atoms with Gasteiger partial charge in [-0.1, -0.05) is 0 Å². The molecule has 8 nitrogen and oxygen atoms in total. The third-order valence-corrected chi connectivity index (χ3v) is 2.62. The Morgan fingerprint density at radius 1 is 1.48 bits per heavy atom. The van der Waals surface area contributed by atoms with Crippen molar-refractivity contribution in [2.45, 2.75) is 6.54 Å². The number of hydrogen-bond acceptors (Lipinski definition) is 6. The highest BCUT2D eigenvalue weighted by Crippen LogP contribution is 2.28. The number of aromatic carboxylic acids is 1. The fraction of sp³-hybridized carbons (Fsp3) is 0.0833. The van der Waals surface area contributed by atoms with Crippen molar-refractivity contribution in [2.24, 2.45) is 0 Å². The number of carboxylic acid groups (broad SMARTS) is 1. The van der Waals surface area contributed by atoms with E-state index >= 15 is 0 Å². The van der Waals surface area contributed by atoms with Crippen LogP contribution >= 0.6 is 0 Å². The van der Waals surface area contributed by atoms with Gasteiger partial charge in [0, 0.05) is 6.20 Å². The average Bonchev–Trinajstić information content (AvgIpc) is 2.46. The minimum absolute atomic E-state index is 0.0996. The first-order chi connectivity index (χ1) is 9.99. The van der Waals surface area contributed by atoms with E-state index in [1.165, 1.54) is 12.5 Å². The minimum atomic E-state index is -1.51. The van der Waals surface area contributed by atoms with Crippen LogP contribution < -0.4 is 5.32 Å². The maximum Gasteiger partial charge on any atom is 0.338 e. The first-order valence-corrected chi connectivity index (χ1v) is 5.69. The van der Waals surface area contributed by atoms with Crippen molar-refractivity contribution in [1.82, 2.24) is 9.97 Å². The molecular formula is C12H9FN4O4. The number of carboxylic acids is 1. The lowest BCUT2D eigenvalue weighted by Crippen LogP contribution is -2.08. The summed E-state index contributed by atoms with van der Waals surface area (Å²) in [6.07, 6.45) is 2.80. The van der Waals surface area contributed by atoms with E-state index in [2.05, 4.69) is 15.3 Å². The third-order valence-electron chi connectivity index (χ3n) is 2.62. The van der Waals surface area contributed by atoms with Gasteiger partial charge in [0.15, 0.2) is 0 Å². The summed E-state index contributed by atoms with van der Waals surface area (Å²) >= 11 is 0. The van der Waals surface area contributed by atoms with E-state index in [1.54, 1.807) is 6.07 Å². The molecule has 1 heterocycles. The summed E-state index contributed by atoms with van der Waals surface area (Å²) in [4.78, 5) is 28.6. The van der Waals surface area contributed by atoms with E-state index in [1.807, 2.05) is 0 Å². The van der Waals surface area contributed by atoms with E-state index in [-0.39, 0.29) is 12.2 Å². The van der Waals surface area contributed by atoms with Crippen LogP contribution in [0.15, 0.2) is 30.7 Å². The standard InChI is InChI=1S/C12H9FN4O4/c13-9-4-11(17(20)21)10(3-8(9)12(18)19)15-5-7-1-2-14-6-16-7/h1-4,6,15H,5H2,(H,18,19). The van der Waals surface area contributed by atoms with Crippen molar-refractivity contribution in [1.29, 1.82) is 0 Å². The fourth-order valence-corrected chi connectivity index (χ4v) is 1.63. The number of aromatic nitrogens is 2. The maximum absolute atomic E-state index is 13.5. The molecule has 9 heteroatoms. The Balaban J connectivity index is 2.34. The van der Waals surface area contributed by atoms with E-state index < -0.39 is 28.0 Å². The second kappa shape index (κ2) is 5.90. The molecule has 0 spiro atoms. The molecule has 0 bridgehead atoms. The number of halogens is 1. The summed E-state index contributed by atoms with van der Waals surface area (Å²) < 4.78 is 13.5. The molecule has 0 fully saturated rings. The van der Waals surface area contributed by atoms with E-state index in [9.17, 15) is 19.3 Å². The van der Waals surface area contributed by atoms with Gasteiger partial charge in [0.1, 0.15) is 17.8 Å². The molecule has 1 aromatic heterocycles. The van der Waals surface area contributed by atoms with Crippen LogP contribution in [0.25, 0.3) is 0 Å². The number of nitro benzene ring substituents is 1. The van der Waals surface area contributed by atoms with Gasteiger partial charge >= 0.3 is 5.97 Å². The van der Waals surface area contributed by atoms with Crippen molar-refractivity contribution in [3.8, 4) is 0 Å². The lowest BCUT2D eigenvalue weighted by atomic mass is 10.1. The molecule has 2 aromatic rings. The largest absolute Gasteiger partial charge is 0.478 e. The Morgan fingerprint density at radius 2 is 2.24 bits per heavy atom. The van der Waals surface area contributed by atoms with Gasteiger partial charge in [-0.05, 0) is 12.1 Å². The molecule has 0 radical (unpaired) electrons. The van der Waals surface area contributed by atoms with E-state index in [4.69, 9.17) is 5.11 Å². The summed E-state index contributed by atoms with van der Waals surface area (Å²) in [7, 11) is 0. The molecule has 2 N–H and O–H groups in total. The number of carbonyl (C=O) groups is 1. The van der Waals surface area contributed by atoms with Crippen molar-refractivity contribution in [3.63, 3.8) is 0 Å². The van der Waals surface area contributed by atoms with Crippen LogP contribution in [-0.4, -0.2) is 26.0 Å².